The molecule has 0 saturated carbocycles. The first-order valence-electron chi connectivity index (χ1n) is 19.4. The third-order valence-corrected chi connectivity index (χ3v) is 12.9. The van der Waals surface area contributed by atoms with Crippen LogP contribution >= 0.6 is 11.3 Å². The fourth-order valence-electron chi connectivity index (χ4n) is 9.00. The molecular formula is C50H39N3S. The number of thiophene rings is 1. The van der Waals surface area contributed by atoms with E-state index in [-0.39, 0.29) is 5.92 Å². The predicted molar refractivity (Wildman–Crippen MR) is 229 cm³/mol. The van der Waals surface area contributed by atoms with Crippen LogP contribution in [0.15, 0.2) is 127 Å². The van der Waals surface area contributed by atoms with E-state index in [1.54, 1.807) is 0 Å². The molecule has 4 heteroatoms. The van der Waals surface area contributed by atoms with E-state index in [0.717, 1.165) is 61.8 Å². The minimum atomic E-state index is 0.174. The Morgan fingerprint density at radius 1 is 0.704 bits per heavy atom. The molecule has 1 unspecified atom stereocenters. The van der Waals surface area contributed by atoms with Crippen molar-refractivity contribution < 1.29 is 0 Å². The van der Waals surface area contributed by atoms with Gasteiger partial charge in [0, 0.05) is 48.1 Å². The number of hydrogen-bond donors (Lipinski definition) is 0. The van der Waals surface area contributed by atoms with E-state index in [1.165, 1.54) is 81.1 Å². The Bertz CT molecular complexity index is 2960. The van der Waals surface area contributed by atoms with E-state index in [0.29, 0.717) is 0 Å². The quantitative estimate of drug-likeness (QED) is 0.178. The average molecular weight is 714 g/mol. The number of rotatable bonds is 5. The van der Waals surface area contributed by atoms with Crippen molar-refractivity contribution in [1.82, 2.24) is 14.5 Å². The maximum atomic E-state index is 5.22. The molecule has 7 aromatic rings. The standard InChI is InChI=1S/C50H39N3S/c1-2-11-34(12-3-1)48-42-15-4-7-18-44(42)51-50(52-48)35-23-21-32(22-24-35)33-25-28-37(29-26-33)53-45-19-8-5-13-39(45)43-31-36(27-30-46(43)53)38-16-10-17-41-40-14-6-9-20-47(40)54-49(38)41/h1-2,6,8-11,14-23,25-31,35H,3-5,7,12-13,24H2. The van der Waals surface area contributed by atoms with Gasteiger partial charge < -0.3 is 4.57 Å². The minimum Gasteiger partial charge on any atom is -0.310 e. The van der Waals surface area contributed by atoms with Gasteiger partial charge in [-0.25, -0.2) is 9.97 Å². The lowest BCUT2D eigenvalue weighted by Gasteiger charge is -2.19. The summed E-state index contributed by atoms with van der Waals surface area (Å²) in [5, 5.41) is 6.38. The van der Waals surface area contributed by atoms with Crippen LogP contribution in [-0.2, 0) is 6.42 Å². The Morgan fingerprint density at radius 3 is 2.46 bits per heavy atom. The van der Waals surface area contributed by atoms with Gasteiger partial charge in [0.2, 0.25) is 0 Å². The molecule has 0 aliphatic heterocycles. The van der Waals surface area contributed by atoms with Crippen LogP contribution in [0.1, 0.15) is 72.8 Å². The topological polar surface area (TPSA) is 30.7 Å². The van der Waals surface area contributed by atoms with E-state index in [1.807, 2.05) is 11.3 Å². The summed E-state index contributed by atoms with van der Waals surface area (Å²) in [6, 6.07) is 31.8. The number of nitrogens with zero attached hydrogens (tertiary/aromatic N) is 3. The van der Waals surface area contributed by atoms with E-state index >= 15 is 0 Å². The first-order valence-corrected chi connectivity index (χ1v) is 20.3. The Labute approximate surface area is 319 Å². The Balaban J connectivity index is 0.910. The highest BCUT2D eigenvalue weighted by Gasteiger charge is 2.22. The monoisotopic (exact) mass is 713 g/mol. The number of aryl methyl sites for hydroxylation is 1. The number of allylic oxidation sites excluding steroid dienone is 9. The second-order valence-electron chi connectivity index (χ2n) is 14.9. The molecule has 54 heavy (non-hydrogen) atoms. The van der Waals surface area contributed by atoms with Crippen LogP contribution in [0.3, 0.4) is 0 Å². The molecule has 0 radical (unpaired) electrons. The van der Waals surface area contributed by atoms with Crippen molar-refractivity contribution in [3.8, 4) is 16.8 Å². The van der Waals surface area contributed by atoms with Gasteiger partial charge >= 0.3 is 0 Å². The molecular weight excluding hydrogens is 675 g/mol. The van der Waals surface area contributed by atoms with Gasteiger partial charge in [0.05, 0.1) is 16.6 Å². The fourth-order valence-corrected chi connectivity index (χ4v) is 10.2. The van der Waals surface area contributed by atoms with Gasteiger partial charge in [0.1, 0.15) is 5.82 Å². The van der Waals surface area contributed by atoms with Gasteiger partial charge in [-0.3, -0.25) is 0 Å². The molecule has 3 nitrogen and oxygen atoms in total. The molecule has 1 atom stereocenters. The summed E-state index contributed by atoms with van der Waals surface area (Å²) in [4.78, 5) is 10.3. The van der Waals surface area contributed by atoms with E-state index in [9.17, 15) is 0 Å². The van der Waals surface area contributed by atoms with E-state index in [4.69, 9.17) is 9.97 Å². The van der Waals surface area contributed by atoms with Crippen LogP contribution in [0.5, 0.6) is 0 Å². The Kier molecular flexibility index (Phi) is 7.58. The van der Waals surface area contributed by atoms with Crippen LogP contribution in [0, 0.1) is 0 Å². The second kappa shape index (κ2) is 12.9. The highest BCUT2D eigenvalue weighted by Crippen LogP contribution is 2.42. The van der Waals surface area contributed by atoms with Crippen molar-refractivity contribution in [1.29, 1.82) is 0 Å². The van der Waals surface area contributed by atoms with Crippen LogP contribution in [0.4, 0.5) is 0 Å². The lowest BCUT2D eigenvalue weighted by molar-refractivity contribution is 0.757. The molecule has 0 amide bonds. The summed E-state index contributed by atoms with van der Waals surface area (Å²) in [6.45, 7) is 0. The van der Waals surface area contributed by atoms with E-state index < -0.39 is 0 Å². The zero-order chi connectivity index (χ0) is 35.6. The SMILES string of the molecule is C1=CCCC(c2nc(C3C=CC(c4ccc(-n5c6c(c7cc(-c8cccc9c8sc8ccccc89)ccc75)CCC=C6)cc4)=CC3)nc3c2=CCCC=3)=C1. The van der Waals surface area contributed by atoms with Gasteiger partial charge in [-0.1, -0.05) is 109 Å². The highest BCUT2D eigenvalue weighted by molar-refractivity contribution is 7.26. The van der Waals surface area contributed by atoms with Crippen molar-refractivity contribution in [2.75, 3.05) is 0 Å². The first kappa shape index (κ1) is 31.7. The molecule has 0 N–H and O–H groups in total. The Morgan fingerprint density at radius 2 is 1.57 bits per heavy atom. The lowest BCUT2D eigenvalue weighted by atomic mass is 9.91. The molecule has 11 rings (SSSR count). The summed E-state index contributed by atoms with van der Waals surface area (Å²) >= 11 is 1.90. The summed E-state index contributed by atoms with van der Waals surface area (Å²) in [6.07, 6.45) is 30.2. The summed E-state index contributed by atoms with van der Waals surface area (Å²) in [7, 11) is 0. The van der Waals surface area contributed by atoms with Crippen LogP contribution in [0.25, 0.3) is 77.3 Å². The predicted octanol–water partition coefficient (Wildman–Crippen LogP) is 11.6. The number of hydrogen-bond acceptors (Lipinski definition) is 3. The maximum absolute atomic E-state index is 5.22. The van der Waals surface area contributed by atoms with Crippen LogP contribution in [0.2, 0.25) is 0 Å². The van der Waals surface area contributed by atoms with Crippen LogP contribution in [-0.4, -0.2) is 14.5 Å². The molecule has 0 fully saturated rings. The average Bonchev–Trinajstić information content (AvgIpc) is 3.79. The molecule has 4 aliphatic carbocycles. The highest BCUT2D eigenvalue weighted by atomic mass is 32.1. The van der Waals surface area contributed by atoms with Gasteiger partial charge in [-0.05, 0) is 115 Å². The first-order chi connectivity index (χ1) is 26.8. The third kappa shape index (κ3) is 5.23. The maximum Gasteiger partial charge on any atom is 0.136 e. The lowest BCUT2D eigenvalue weighted by Crippen LogP contribution is -2.36. The smallest absolute Gasteiger partial charge is 0.136 e. The van der Waals surface area contributed by atoms with Crippen molar-refractivity contribution in [3.05, 3.63) is 166 Å². The molecule has 0 bridgehead atoms. The minimum absolute atomic E-state index is 0.174. The Hall–Kier alpha value is -5.84. The van der Waals surface area contributed by atoms with Crippen molar-refractivity contribution in [2.24, 2.45) is 0 Å². The molecule has 4 aromatic carbocycles. The molecule has 3 aromatic heterocycles. The van der Waals surface area contributed by atoms with Crippen molar-refractivity contribution in [3.63, 3.8) is 0 Å². The zero-order valence-electron chi connectivity index (χ0n) is 30.1. The van der Waals surface area contributed by atoms with Crippen molar-refractivity contribution >= 4 is 71.8 Å². The summed E-state index contributed by atoms with van der Waals surface area (Å²) < 4.78 is 5.18. The van der Waals surface area contributed by atoms with Gasteiger partial charge in [0.25, 0.3) is 0 Å². The van der Waals surface area contributed by atoms with Crippen molar-refractivity contribution in [2.45, 2.75) is 50.9 Å². The summed E-state index contributed by atoms with van der Waals surface area (Å²) in [5.41, 5.74) is 12.8. The van der Waals surface area contributed by atoms with E-state index in [2.05, 4.69) is 150 Å². The fraction of sp³-hybridized carbons (Fsp3) is 0.160. The number of fused-ring (bicyclic) bond motifs is 7. The second-order valence-corrected chi connectivity index (χ2v) is 16.0. The van der Waals surface area contributed by atoms with Gasteiger partial charge in [-0.15, -0.1) is 11.3 Å². The normalized spacial score (nSPS) is 17.6. The number of benzene rings is 4. The molecule has 3 heterocycles. The third-order valence-electron chi connectivity index (χ3n) is 11.7. The van der Waals surface area contributed by atoms with Gasteiger partial charge in [0.15, 0.2) is 0 Å². The molecule has 4 aliphatic rings. The van der Waals surface area contributed by atoms with Gasteiger partial charge in [-0.2, -0.15) is 0 Å². The largest absolute Gasteiger partial charge is 0.310 e. The van der Waals surface area contributed by atoms with Crippen LogP contribution < -0.4 is 10.6 Å². The zero-order valence-corrected chi connectivity index (χ0v) is 30.9. The summed E-state index contributed by atoms with van der Waals surface area (Å²) in [5.74, 6) is 1.11. The molecule has 260 valence electrons. The number of aromatic nitrogens is 3. The molecule has 0 saturated heterocycles. The molecule has 0 spiro atoms.